The molecule has 0 radical (unpaired) electrons. The van der Waals surface area contributed by atoms with Crippen molar-refractivity contribution >= 4 is 26.8 Å². The summed E-state index contributed by atoms with van der Waals surface area (Å²) in [6, 6.07) is 9.57. The van der Waals surface area contributed by atoms with Gasteiger partial charge in [-0.2, -0.15) is 5.10 Å². The van der Waals surface area contributed by atoms with Gasteiger partial charge in [-0.05, 0) is 34.1 Å². The van der Waals surface area contributed by atoms with E-state index in [1.807, 2.05) is 12.1 Å². The Bertz CT molecular complexity index is 832. The monoisotopic (exact) mass is 352 g/mol. The molecule has 0 bridgehead atoms. The van der Waals surface area contributed by atoms with Crippen molar-refractivity contribution in [3.05, 3.63) is 63.8 Å². The first-order valence-corrected chi connectivity index (χ1v) is 7.03. The number of benzene rings is 2. The zero-order valence-corrected chi connectivity index (χ0v) is 12.6. The van der Waals surface area contributed by atoms with Crippen molar-refractivity contribution in [1.82, 2.24) is 9.78 Å². The molecular formula is C15H11BrF2N2O. The summed E-state index contributed by atoms with van der Waals surface area (Å²) in [5, 5.41) is 15.3. The molecule has 108 valence electrons. The van der Waals surface area contributed by atoms with Crippen molar-refractivity contribution in [2.24, 2.45) is 7.05 Å². The van der Waals surface area contributed by atoms with Crippen LogP contribution in [0.1, 0.15) is 17.4 Å². The lowest BCUT2D eigenvalue weighted by molar-refractivity contribution is 0.204. The molecule has 0 spiro atoms. The van der Waals surface area contributed by atoms with Gasteiger partial charge in [-0.1, -0.05) is 18.2 Å². The van der Waals surface area contributed by atoms with Crippen LogP contribution in [0.3, 0.4) is 0 Å². The maximum Gasteiger partial charge on any atom is 0.146 e. The number of aromatic nitrogens is 2. The Morgan fingerprint density at radius 1 is 1.19 bits per heavy atom. The Hall–Kier alpha value is -1.79. The molecule has 0 saturated carbocycles. The fraction of sp³-hybridized carbons (Fsp3) is 0.133. The van der Waals surface area contributed by atoms with Gasteiger partial charge in [0, 0.05) is 12.4 Å². The van der Waals surface area contributed by atoms with Gasteiger partial charge in [-0.25, -0.2) is 8.78 Å². The summed E-state index contributed by atoms with van der Waals surface area (Å²) in [6.45, 7) is 0. The molecule has 1 heterocycles. The van der Waals surface area contributed by atoms with E-state index in [1.165, 1.54) is 6.07 Å². The minimum atomic E-state index is -1.48. The fourth-order valence-corrected chi connectivity index (χ4v) is 2.72. The number of hydrogen-bond donors (Lipinski definition) is 1. The molecule has 0 amide bonds. The molecular weight excluding hydrogens is 342 g/mol. The highest BCUT2D eigenvalue weighted by Crippen LogP contribution is 2.33. The lowest BCUT2D eigenvalue weighted by Crippen LogP contribution is -2.08. The van der Waals surface area contributed by atoms with Gasteiger partial charge in [-0.3, -0.25) is 4.68 Å². The van der Waals surface area contributed by atoms with Crippen LogP contribution in [0.5, 0.6) is 0 Å². The van der Waals surface area contributed by atoms with Gasteiger partial charge in [0.05, 0.1) is 15.6 Å². The highest BCUT2D eigenvalue weighted by atomic mass is 79.9. The van der Waals surface area contributed by atoms with Gasteiger partial charge in [-0.15, -0.1) is 0 Å². The lowest BCUT2D eigenvalue weighted by atomic mass is 10.0. The minimum Gasteiger partial charge on any atom is -0.382 e. The van der Waals surface area contributed by atoms with Crippen molar-refractivity contribution in [3.8, 4) is 0 Å². The second kappa shape index (κ2) is 5.20. The minimum absolute atomic E-state index is 0.0955. The normalized spacial score (nSPS) is 12.8. The second-order valence-corrected chi connectivity index (χ2v) is 5.54. The molecule has 3 aromatic rings. The predicted octanol–water partition coefficient (Wildman–Crippen LogP) is 3.70. The quantitative estimate of drug-likeness (QED) is 0.714. The summed E-state index contributed by atoms with van der Waals surface area (Å²) in [4.78, 5) is 0. The molecule has 0 fully saturated rings. The molecule has 0 aliphatic heterocycles. The number of hydrogen-bond acceptors (Lipinski definition) is 2. The SMILES string of the molecule is Cn1nc(C(O)c2c(F)ccc(Br)c2F)c2ccccc21. The van der Waals surface area contributed by atoms with Gasteiger partial charge < -0.3 is 5.11 Å². The molecule has 1 N–H and O–H groups in total. The number of fused-ring (bicyclic) bond motifs is 1. The summed E-state index contributed by atoms with van der Waals surface area (Å²) in [5.41, 5.74) is 0.597. The number of para-hydroxylation sites is 1. The Kier molecular flexibility index (Phi) is 3.51. The van der Waals surface area contributed by atoms with Gasteiger partial charge in [0.2, 0.25) is 0 Å². The van der Waals surface area contributed by atoms with E-state index in [4.69, 9.17) is 0 Å². The molecule has 1 atom stereocenters. The van der Waals surface area contributed by atoms with E-state index in [9.17, 15) is 13.9 Å². The third kappa shape index (κ3) is 2.24. The van der Waals surface area contributed by atoms with Crippen LogP contribution in [-0.2, 0) is 7.05 Å². The molecule has 0 aliphatic rings. The summed E-state index contributed by atoms with van der Waals surface area (Å²) >= 11 is 3.00. The smallest absolute Gasteiger partial charge is 0.146 e. The maximum atomic E-state index is 14.1. The average molecular weight is 353 g/mol. The third-order valence-electron chi connectivity index (χ3n) is 3.40. The molecule has 0 aliphatic carbocycles. The largest absolute Gasteiger partial charge is 0.382 e. The predicted molar refractivity (Wildman–Crippen MR) is 78.8 cm³/mol. The van der Waals surface area contributed by atoms with Crippen LogP contribution in [0, 0.1) is 11.6 Å². The van der Waals surface area contributed by atoms with Gasteiger partial charge >= 0.3 is 0 Å². The van der Waals surface area contributed by atoms with E-state index >= 15 is 0 Å². The van der Waals surface area contributed by atoms with Crippen LogP contribution in [0.25, 0.3) is 10.9 Å². The molecule has 3 nitrogen and oxygen atoms in total. The fourth-order valence-electron chi connectivity index (χ4n) is 2.37. The van der Waals surface area contributed by atoms with Crippen LogP contribution in [0.4, 0.5) is 8.78 Å². The van der Waals surface area contributed by atoms with E-state index in [0.717, 1.165) is 11.6 Å². The van der Waals surface area contributed by atoms with Crippen LogP contribution < -0.4 is 0 Å². The Balaban J connectivity index is 2.22. The van der Waals surface area contributed by atoms with E-state index in [1.54, 1.807) is 23.9 Å². The van der Waals surface area contributed by atoms with Crippen LogP contribution in [0.2, 0.25) is 0 Å². The standard InChI is InChI=1S/C15H11BrF2N2O/c1-20-11-5-3-2-4-8(11)14(19-20)15(21)12-10(17)7-6-9(16)13(12)18/h2-7,15,21H,1H3. The Morgan fingerprint density at radius 3 is 2.67 bits per heavy atom. The zero-order chi connectivity index (χ0) is 15.1. The summed E-state index contributed by atoms with van der Waals surface area (Å²) < 4.78 is 29.7. The second-order valence-electron chi connectivity index (χ2n) is 4.69. The van der Waals surface area contributed by atoms with E-state index in [-0.39, 0.29) is 10.2 Å². The van der Waals surface area contributed by atoms with Crippen molar-refractivity contribution in [3.63, 3.8) is 0 Å². The maximum absolute atomic E-state index is 14.1. The van der Waals surface area contributed by atoms with Crippen molar-refractivity contribution in [2.45, 2.75) is 6.10 Å². The number of aliphatic hydroxyl groups is 1. The van der Waals surface area contributed by atoms with E-state index < -0.39 is 23.3 Å². The average Bonchev–Trinajstić information content (AvgIpc) is 2.81. The van der Waals surface area contributed by atoms with E-state index in [0.29, 0.717) is 5.39 Å². The van der Waals surface area contributed by atoms with Gasteiger partial charge in [0.15, 0.2) is 0 Å². The number of aliphatic hydroxyl groups excluding tert-OH is 1. The number of rotatable bonds is 2. The molecule has 0 saturated heterocycles. The van der Waals surface area contributed by atoms with E-state index in [2.05, 4.69) is 21.0 Å². The number of halogens is 3. The third-order valence-corrected chi connectivity index (χ3v) is 4.01. The first-order chi connectivity index (χ1) is 10.0. The topological polar surface area (TPSA) is 38.0 Å². The Morgan fingerprint density at radius 2 is 1.90 bits per heavy atom. The van der Waals surface area contributed by atoms with Crippen molar-refractivity contribution in [2.75, 3.05) is 0 Å². The number of aryl methyl sites for hydroxylation is 1. The molecule has 6 heteroatoms. The summed E-state index contributed by atoms with van der Waals surface area (Å²) in [6.07, 6.45) is -1.48. The number of nitrogens with zero attached hydrogens (tertiary/aromatic N) is 2. The molecule has 3 rings (SSSR count). The summed E-state index contributed by atoms with van der Waals surface area (Å²) in [7, 11) is 1.71. The van der Waals surface area contributed by atoms with Crippen LogP contribution in [-0.4, -0.2) is 14.9 Å². The van der Waals surface area contributed by atoms with Crippen molar-refractivity contribution in [1.29, 1.82) is 0 Å². The molecule has 1 unspecified atom stereocenters. The molecule has 2 aromatic carbocycles. The van der Waals surface area contributed by atoms with Gasteiger partial charge in [0.25, 0.3) is 0 Å². The first kappa shape index (κ1) is 14.2. The zero-order valence-electron chi connectivity index (χ0n) is 11.0. The van der Waals surface area contributed by atoms with Crippen LogP contribution in [0.15, 0.2) is 40.9 Å². The first-order valence-electron chi connectivity index (χ1n) is 6.23. The molecule has 21 heavy (non-hydrogen) atoms. The highest BCUT2D eigenvalue weighted by molar-refractivity contribution is 9.10. The lowest BCUT2D eigenvalue weighted by Gasteiger charge is -2.12. The summed E-state index contributed by atoms with van der Waals surface area (Å²) in [5.74, 6) is -1.63. The highest BCUT2D eigenvalue weighted by Gasteiger charge is 2.25. The van der Waals surface area contributed by atoms with Gasteiger partial charge in [0.1, 0.15) is 23.4 Å². The van der Waals surface area contributed by atoms with Crippen molar-refractivity contribution < 1.29 is 13.9 Å². The van der Waals surface area contributed by atoms with Crippen LogP contribution >= 0.6 is 15.9 Å². The Labute approximate surface area is 128 Å². The molecule has 1 aromatic heterocycles.